The maximum absolute atomic E-state index is 9.96. The number of hydrogen-bond donors (Lipinski definition) is 0. The number of rotatable bonds is 5. The van der Waals surface area contributed by atoms with Gasteiger partial charge in [0.1, 0.15) is 6.29 Å². The molecule has 1 unspecified atom stereocenters. The summed E-state index contributed by atoms with van der Waals surface area (Å²) in [7, 11) is 0. The fourth-order valence-corrected chi connectivity index (χ4v) is 0.856. The van der Waals surface area contributed by atoms with E-state index in [9.17, 15) is 4.79 Å². The van der Waals surface area contributed by atoms with Crippen LogP contribution in [-0.4, -0.2) is 6.29 Å². The largest absolute Gasteiger partial charge is 0.303 e. The zero-order chi connectivity index (χ0) is 7.98. The van der Waals surface area contributed by atoms with Crippen LogP contribution in [0.5, 0.6) is 0 Å². The number of carbonyl (C=O) groups is 1. The first-order chi connectivity index (χ1) is 4.68. The third-order valence-electron chi connectivity index (χ3n) is 2.12. The number of carbonyl (C=O) groups excluding carboxylic acids is 1. The van der Waals surface area contributed by atoms with Gasteiger partial charge in [-0.2, -0.15) is 0 Å². The van der Waals surface area contributed by atoms with Gasteiger partial charge in [-0.25, -0.2) is 0 Å². The zero-order valence-corrected chi connectivity index (χ0v) is 7.26. The van der Waals surface area contributed by atoms with Crippen molar-refractivity contribution in [1.82, 2.24) is 0 Å². The molecular weight excluding hydrogens is 124 g/mol. The Morgan fingerprint density at radius 2 is 1.90 bits per heavy atom. The first kappa shape index (κ1) is 9.67. The van der Waals surface area contributed by atoms with Gasteiger partial charge in [0.15, 0.2) is 0 Å². The van der Waals surface area contributed by atoms with Crippen LogP contribution in [0.4, 0.5) is 0 Å². The van der Waals surface area contributed by atoms with Gasteiger partial charge in [-0.1, -0.05) is 27.2 Å². The topological polar surface area (TPSA) is 17.1 Å². The van der Waals surface area contributed by atoms with Gasteiger partial charge in [-0.3, -0.25) is 0 Å². The van der Waals surface area contributed by atoms with E-state index in [1.807, 2.05) is 0 Å². The fourth-order valence-electron chi connectivity index (χ4n) is 0.856. The Balaban J connectivity index is 3.21. The van der Waals surface area contributed by atoms with Crippen molar-refractivity contribution in [3.63, 3.8) is 0 Å². The van der Waals surface area contributed by atoms with Crippen LogP contribution >= 0.6 is 0 Å². The summed E-state index contributed by atoms with van der Waals surface area (Å²) in [6, 6.07) is 0. The van der Waals surface area contributed by atoms with E-state index in [2.05, 4.69) is 20.8 Å². The molecule has 0 saturated heterocycles. The molecular formula is C9H18O. The molecule has 0 N–H and O–H groups in total. The quantitative estimate of drug-likeness (QED) is 0.426. The second-order valence-electron chi connectivity index (χ2n) is 3.32. The van der Waals surface area contributed by atoms with Crippen molar-refractivity contribution in [3.05, 3.63) is 0 Å². The minimum atomic E-state index is 0.733. The Morgan fingerprint density at radius 1 is 1.30 bits per heavy atom. The van der Waals surface area contributed by atoms with Crippen LogP contribution in [-0.2, 0) is 4.79 Å². The smallest absolute Gasteiger partial charge is 0.119 e. The van der Waals surface area contributed by atoms with Crippen molar-refractivity contribution in [2.24, 2.45) is 11.8 Å². The lowest BCUT2D eigenvalue weighted by Gasteiger charge is -2.13. The van der Waals surface area contributed by atoms with Crippen molar-refractivity contribution in [3.8, 4) is 0 Å². The van der Waals surface area contributed by atoms with Gasteiger partial charge in [-0.05, 0) is 18.3 Å². The minimum absolute atomic E-state index is 0.733. The zero-order valence-electron chi connectivity index (χ0n) is 7.26. The summed E-state index contributed by atoms with van der Waals surface area (Å²) >= 11 is 0. The van der Waals surface area contributed by atoms with Gasteiger partial charge in [0.25, 0.3) is 0 Å². The molecule has 0 radical (unpaired) electrons. The molecule has 0 aromatic rings. The third-order valence-corrected chi connectivity index (χ3v) is 2.12. The van der Waals surface area contributed by atoms with Crippen LogP contribution in [0.2, 0.25) is 0 Å². The summed E-state index contributed by atoms with van der Waals surface area (Å²) in [6.45, 7) is 6.70. The van der Waals surface area contributed by atoms with Gasteiger partial charge in [0.2, 0.25) is 0 Å². The van der Waals surface area contributed by atoms with E-state index in [0.29, 0.717) is 0 Å². The molecule has 1 heteroatoms. The van der Waals surface area contributed by atoms with Crippen molar-refractivity contribution in [2.75, 3.05) is 0 Å². The summed E-state index contributed by atoms with van der Waals surface area (Å²) < 4.78 is 0. The first-order valence-electron chi connectivity index (χ1n) is 4.12. The molecule has 0 aromatic carbocycles. The van der Waals surface area contributed by atoms with Crippen molar-refractivity contribution < 1.29 is 4.79 Å². The Labute approximate surface area is 63.8 Å². The summed E-state index contributed by atoms with van der Waals surface area (Å²) in [6.07, 6.45) is 3.99. The molecule has 1 nitrogen and oxygen atoms in total. The molecule has 1 atom stereocenters. The second-order valence-corrected chi connectivity index (χ2v) is 3.32. The van der Waals surface area contributed by atoms with E-state index in [0.717, 1.165) is 31.0 Å². The summed E-state index contributed by atoms with van der Waals surface area (Å²) in [5.41, 5.74) is 0. The monoisotopic (exact) mass is 142 g/mol. The van der Waals surface area contributed by atoms with Crippen LogP contribution in [0.1, 0.15) is 40.0 Å². The lowest BCUT2D eigenvalue weighted by Crippen LogP contribution is -2.03. The Bertz CT molecular complexity index is 86.7. The van der Waals surface area contributed by atoms with Crippen LogP contribution < -0.4 is 0 Å². The van der Waals surface area contributed by atoms with Gasteiger partial charge in [0, 0.05) is 6.42 Å². The summed E-state index contributed by atoms with van der Waals surface area (Å²) in [5, 5.41) is 0. The summed E-state index contributed by atoms with van der Waals surface area (Å²) in [4.78, 5) is 9.96. The Hall–Kier alpha value is -0.330. The predicted molar refractivity (Wildman–Crippen MR) is 43.9 cm³/mol. The normalized spacial score (nSPS) is 13.6. The lowest BCUT2D eigenvalue weighted by molar-refractivity contribution is -0.108. The van der Waals surface area contributed by atoms with E-state index >= 15 is 0 Å². The van der Waals surface area contributed by atoms with E-state index in [1.165, 1.54) is 6.42 Å². The average molecular weight is 142 g/mol. The lowest BCUT2D eigenvalue weighted by atomic mass is 9.93. The number of unbranched alkanes of at least 4 members (excludes halogenated alkanes) is 1. The van der Waals surface area contributed by atoms with Gasteiger partial charge in [-0.15, -0.1) is 0 Å². The SMILES string of the molecule is CC(C)C(C)CCCC=O. The van der Waals surface area contributed by atoms with E-state index < -0.39 is 0 Å². The highest BCUT2D eigenvalue weighted by Gasteiger charge is 2.05. The molecule has 60 valence electrons. The minimum Gasteiger partial charge on any atom is -0.303 e. The van der Waals surface area contributed by atoms with E-state index in [1.54, 1.807) is 0 Å². The molecule has 0 saturated carbocycles. The standard InChI is InChI=1S/C9H18O/c1-8(2)9(3)6-4-5-7-10/h7-9H,4-6H2,1-3H3. The Morgan fingerprint density at radius 3 is 2.30 bits per heavy atom. The van der Waals surface area contributed by atoms with E-state index in [4.69, 9.17) is 0 Å². The third kappa shape index (κ3) is 4.54. The molecule has 0 aliphatic heterocycles. The molecule has 0 aliphatic rings. The van der Waals surface area contributed by atoms with Crippen molar-refractivity contribution in [1.29, 1.82) is 0 Å². The molecule has 0 fully saturated rings. The molecule has 0 heterocycles. The van der Waals surface area contributed by atoms with Crippen LogP contribution in [0.3, 0.4) is 0 Å². The number of aldehydes is 1. The van der Waals surface area contributed by atoms with E-state index in [-0.39, 0.29) is 0 Å². The maximum Gasteiger partial charge on any atom is 0.119 e. The molecule has 10 heavy (non-hydrogen) atoms. The van der Waals surface area contributed by atoms with Crippen molar-refractivity contribution in [2.45, 2.75) is 40.0 Å². The van der Waals surface area contributed by atoms with Crippen LogP contribution in [0.25, 0.3) is 0 Å². The fraction of sp³-hybridized carbons (Fsp3) is 0.889. The molecule has 0 aromatic heterocycles. The molecule has 0 bridgehead atoms. The molecule has 0 spiro atoms. The van der Waals surface area contributed by atoms with Gasteiger partial charge < -0.3 is 4.79 Å². The average Bonchev–Trinajstić information content (AvgIpc) is 1.88. The van der Waals surface area contributed by atoms with Crippen LogP contribution in [0, 0.1) is 11.8 Å². The van der Waals surface area contributed by atoms with Gasteiger partial charge in [0.05, 0.1) is 0 Å². The van der Waals surface area contributed by atoms with Crippen molar-refractivity contribution >= 4 is 6.29 Å². The molecule has 0 aliphatic carbocycles. The highest BCUT2D eigenvalue weighted by molar-refractivity contribution is 5.48. The van der Waals surface area contributed by atoms with Gasteiger partial charge >= 0.3 is 0 Å². The maximum atomic E-state index is 9.96. The molecule has 0 amide bonds. The van der Waals surface area contributed by atoms with Crippen LogP contribution in [0.15, 0.2) is 0 Å². The second kappa shape index (κ2) is 5.45. The highest BCUT2D eigenvalue weighted by Crippen LogP contribution is 2.16. The predicted octanol–water partition coefficient (Wildman–Crippen LogP) is 2.65. The number of hydrogen-bond acceptors (Lipinski definition) is 1. The first-order valence-corrected chi connectivity index (χ1v) is 4.12. The highest BCUT2D eigenvalue weighted by atomic mass is 16.1. The Kier molecular flexibility index (Phi) is 5.27. The summed E-state index contributed by atoms with van der Waals surface area (Å²) in [5.74, 6) is 1.52. The molecule has 0 rings (SSSR count).